The third kappa shape index (κ3) is 4.71. The van der Waals surface area contributed by atoms with Crippen LogP contribution >= 0.6 is 0 Å². The number of hydrogen-bond donors (Lipinski definition) is 2. The average molecular weight is 579 g/mol. The van der Waals surface area contributed by atoms with Gasteiger partial charge in [0.25, 0.3) is 5.56 Å². The number of fused-ring (bicyclic) bond motifs is 2. The molecule has 216 valence electrons. The van der Waals surface area contributed by atoms with E-state index >= 15 is 0 Å². The van der Waals surface area contributed by atoms with E-state index < -0.39 is 35.7 Å². The summed E-state index contributed by atoms with van der Waals surface area (Å²) in [7, 11) is 0. The first kappa shape index (κ1) is 27.2. The third-order valence-electron chi connectivity index (χ3n) is 7.56. The van der Waals surface area contributed by atoms with E-state index in [1.807, 2.05) is 18.2 Å². The Kier molecular flexibility index (Phi) is 5.96. The lowest BCUT2D eigenvalue weighted by atomic mass is 9.79. The highest BCUT2D eigenvalue weighted by atomic mass is 19.4. The van der Waals surface area contributed by atoms with Crippen LogP contribution in [0.3, 0.4) is 0 Å². The summed E-state index contributed by atoms with van der Waals surface area (Å²) in [6.45, 7) is 3.97. The van der Waals surface area contributed by atoms with Crippen LogP contribution in [0, 0.1) is 0 Å². The highest BCUT2D eigenvalue weighted by Crippen LogP contribution is 2.57. The minimum absolute atomic E-state index is 0.0263. The first-order chi connectivity index (χ1) is 19.2. The van der Waals surface area contributed by atoms with Crippen molar-refractivity contribution in [2.45, 2.75) is 63.0 Å². The van der Waals surface area contributed by atoms with Crippen molar-refractivity contribution >= 4 is 22.7 Å². The maximum absolute atomic E-state index is 13.8. The second-order valence-corrected chi connectivity index (χ2v) is 11.0. The molecule has 0 radical (unpaired) electrons. The van der Waals surface area contributed by atoms with Crippen LogP contribution in [-0.2, 0) is 23.9 Å². The third-order valence-corrected chi connectivity index (χ3v) is 7.56. The van der Waals surface area contributed by atoms with Gasteiger partial charge in [0.15, 0.2) is 11.5 Å². The van der Waals surface area contributed by atoms with E-state index in [0.29, 0.717) is 16.9 Å². The van der Waals surface area contributed by atoms with E-state index in [0.717, 1.165) is 35.3 Å². The summed E-state index contributed by atoms with van der Waals surface area (Å²) in [5.74, 6) is -0.955. The van der Waals surface area contributed by atoms with Gasteiger partial charge in [-0.1, -0.05) is 19.9 Å². The standard InChI is InChI=1S/C26H24F6N8O/c1-23(2)12-33-10-14-9-15(3-4-17(14)23)36-22-35-11-16-19(38-22)40(39(20(16)41)13-25(27,28)29)18-5-8-34-21(37-18)24(6-7-24)26(30,31)32/h3-5,8-9,11,33H,6-7,10,12-13H2,1-2H3,(H,35,36,38). The molecule has 1 aliphatic carbocycles. The van der Waals surface area contributed by atoms with Crippen LogP contribution in [0.2, 0.25) is 0 Å². The Morgan fingerprint density at radius 1 is 1.05 bits per heavy atom. The van der Waals surface area contributed by atoms with Gasteiger partial charge in [-0.15, -0.1) is 0 Å². The lowest BCUT2D eigenvalue weighted by Gasteiger charge is -2.33. The van der Waals surface area contributed by atoms with Gasteiger partial charge in [-0.05, 0) is 36.1 Å². The van der Waals surface area contributed by atoms with Crippen molar-refractivity contribution in [1.29, 1.82) is 0 Å². The van der Waals surface area contributed by atoms with Gasteiger partial charge in [0, 0.05) is 42.7 Å². The molecule has 1 saturated carbocycles. The van der Waals surface area contributed by atoms with E-state index in [2.05, 4.69) is 44.4 Å². The molecule has 3 aromatic heterocycles. The summed E-state index contributed by atoms with van der Waals surface area (Å²) in [4.78, 5) is 29.2. The van der Waals surface area contributed by atoms with E-state index in [-0.39, 0.29) is 41.1 Å². The zero-order valence-electron chi connectivity index (χ0n) is 21.9. The number of alkyl halides is 6. The quantitative estimate of drug-likeness (QED) is 0.333. The predicted molar refractivity (Wildman–Crippen MR) is 136 cm³/mol. The second-order valence-electron chi connectivity index (χ2n) is 11.0. The van der Waals surface area contributed by atoms with Gasteiger partial charge in [0.2, 0.25) is 5.95 Å². The molecule has 1 aromatic carbocycles. The van der Waals surface area contributed by atoms with Crippen LogP contribution in [0.15, 0.2) is 41.5 Å². The molecule has 0 amide bonds. The molecule has 4 aromatic rings. The molecule has 0 bridgehead atoms. The molecule has 0 atom stereocenters. The molecule has 0 spiro atoms. The Morgan fingerprint density at radius 3 is 2.49 bits per heavy atom. The maximum Gasteiger partial charge on any atom is 0.408 e. The van der Waals surface area contributed by atoms with Gasteiger partial charge in [0.05, 0.1) is 0 Å². The Balaban J connectivity index is 1.46. The first-order valence-corrected chi connectivity index (χ1v) is 12.8. The van der Waals surface area contributed by atoms with E-state index in [4.69, 9.17) is 0 Å². The normalized spacial score (nSPS) is 17.9. The minimum Gasteiger partial charge on any atom is -0.324 e. The molecule has 41 heavy (non-hydrogen) atoms. The summed E-state index contributed by atoms with van der Waals surface area (Å²) in [6.07, 6.45) is -7.85. The first-order valence-electron chi connectivity index (χ1n) is 12.8. The summed E-state index contributed by atoms with van der Waals surface area (Å²) in [5, 5.41) is 6.11. The molecule has 1 fully saturated rings. The molecular formula is C26H24F6N8O. The van der Waals surface area contributed by atoms with E-state index in [9.17, 15) is 31.1 Å². The van der Waals surface area contributed by atoms with Crippen molar-refractivity contribution in [3.8, 4) is 5.82 Å². The average Bonchev–Trinajstić information content (AvgIpc) is 3.66. The Bertz CT molecular complexity index is 1720. The molecule has 2 aliphatic rings. The molecule has 15 heteroatoms. The molecule has 4 heterocycles. The summed E-state index contributed by atoms with van der Waals surface area (Å²) >= 11 is 0. The largest absolute Gasteiger partial charge is 0.408 e. The topological polar surface area (TPSA) is 103 Å². The van der Waals surface area contributed by atoms with E-state index in [1.54, 1.807) is 0 Å². The smallest absolute Gasteiger partial charge is 0.324 e. The van der Waals surface area contributed by atoms with Crippen LogP contribution in [0.4, 0.5) is 38.0 Å². The number of aromatic nitrogens is 6. The molecule has 6 rings (SSSR count). The molecule has 0 unspecified atom stereocenters. The fraction of sp³-hybridized carbons (Fsp3) is 0.423. The summed E-state index contributed by atoms with van der Waals surface area (Å²) in [5.41, 5.74) is -0.853. The highest BCUT2D eigenvalue weighted by Gasteiger charge is 2.66. The van der Waals surface area contributed by atoms with Crippen molar-refractivity contribution in [2.24, 2.45) is 0 Å². The molecule has 1 aliphatic heterocycles. The SMILES string of the molecule is CC1(C)CNCc2cc(Nc3ncc4c(=O)n(CC(F)(F)F)n(-c5ccnc(C6(C(F)(F)F)CC6)n5)c4n3)ccc21. The summed E-state index contributed by atoms with van der Waals surface area (Å²) in [6, 6.07) is 6.84. The van der Waals surface area contributed by atoms with Crippen molar-refractivity contribution in [2.75, 3.05) is 11.9 Å². The Labute approximate surface area is 228 Å². The number of hydrogen-bond acceptors (Lipinski definition) is 7. The number of benzene rings is 1. The maximum atomic E-state index is 13.8. The van der Waals surface area contributed by atoms with Crippen LogP contribution in [-0.4, -0.2) is 48.2 Å². The summed E-state index contributed by atoms with van der Waals surface area (Å²) < 4.78 is 83.0. The van der Waals surface area contributed by atoms with Gasteiger partial charge < -0.3 is 10.6 Å². The lowest BCUT2D eigenvalue weighted by Crippen LogP contribution is -2.38. The minimum atomic E-state index is -4.82. The second kappa shape index (κ2) is 8.99. The number of nitrogens with one attached hydrogen (secondary N) is 2. The molecule has 9 nitrogen and oxygen atoms in total. The fourth-order valence-corrected chi connectivity index (χ4v) is 5.30. The van der Waals surface area contributed by atoms with Gasteiger partial charge in [-0.3, -0.25) is 4.79 Å². The molecule has 2 N–H and O–H groups in total. The van der Waals surface area contributed by atoms with Gasteiger partial charge in [0.1, 0.15) is 23.2 Å². The van der Waals surface area contributed by atoms with Gasteiger partial charge >= 0.3 is 12.4 Å². The Morgan fingerprint density at radius 2 is 1.80 bits per heavy atom. The van der Waals surface area contributed by atoms with Crippen LogP contribution in [0.1, 0.15) is 43.6 Å². The zero-order valence-corrected chi connectivity index (χ0v) is 21.9. The Hall–Kier alpha value is -4.01. The number of halogens is 6. The lowest BCUT2D eigenvalue weighted by molar-refractivity contribution is -0.162. The number of nitrogens with zero attached hydrogens (tertiary/aromatic N) is 6. The number of anilines is 2. The van der Waals surface area contributed by atoms with Crippen molar-refractivity contribution < 1.29 is 26.3 Å². The van der Waals surface area contributed by atoms with Gasteiger partial charge in [-0.2, -0.15) is 31.3 Å². The highest BCUT2D eigenvalue weighted by molar-refractivity contribution is 5.77. The zero-order chi connectivity index (χ0) is 29.4. The van der Waals surface area contributed by atoms with Crippen LogP contribution in [0.5, 0.6) is 0 Å². The predicted octanol–water partition coefficient (Wildman–Crippen LogP) is 4.65. The van der Waals surface area contributed by atoms with Crippen molar-refractivity contribution in [1.82, 2.24) is 34.6 Å². The van der Waals surface area contributed by atoms with Crippen LogP contribution in [0.25, 0.3) is 16.9 Å². The number of rotatable bonds is 5. The van der Waals surface area contributed by atoms with Crippen molar-refractivity contribution in [3.05, 3.63) is 64.0 Å². The molecule has 0 saturated heterocycles. The fourth-order valence-electron chi connectivity index (χ4n) is 5.30. The van der Waals surface area contributed by atoms with E-state index in [1.165, 1.54) is 5.56 Å². The van der Waals surface area contributed by atoms with Crippen molar-refractivity contribution in [3.63, 3.8) is 0 Å². The van der Waals surface area contributed by atoms with Crippen LogP contribution < -0.4 is 16.2 Å². The van der Waals surface area contributed by atoms with Gasteiger partial charge in [-0.25, -0.2) is 24.3 Å². The molecular weight excluding hydrogens is 554 g/mol. The monoisotopic (exact) mass is 578 g/mol.